The lowest BCUT2D eigenvalue weighted by molar-refractivity contribution is 1.73. The van der Waals surface area contributed by atoms with Crippen molar-refractivity contribution in [1.82, 2.24) is 0 Å². The summed E-state index contributed by atoms with van der Waals surface area (Å²) in [7, 11) is 0. The maximum atomic E-state index is 5.75. The van der Waals surface area contributed by atoms with Crippen molar-refractivity contribution in [3.63, 3.8) is 0 Å². The molecule has 17 heavy (non-hydrogen) atoms. The van der Waals surface area contributed by atoms with Crippen molar-refractivity contribution in [1.29, 1.82) is 0 Å². The lowest BCUT2D eigenvalue weighted by Gasteiger charge is -2.01. The largest absolute Gasteiger partial charge is 0.391 e. The second-order valence-electron chi connectivity index (χ2n) is 3.76. The number of thiophene rings is 1. The molecule has 3 heteroatoms. The Morgan fingerprint density at radius 2 is 1.59 bits per heavy atom. The molecule has 0 aliphatic rings. The third-order valence-electron chi connectivity index (χ3n) is 2.66. The summed E-state index contributed by atoms with van der Waals surface area (Å²) in [5.41, 5.74) is 6.98. The normalized spacial score (nSPS) is 10.1. The first-order chi connectivity index (χ1) is 7.83. The molecule has 1 aromatic heterocycles. The molecule has 2 aromatic carbocycles. The SMILES string of the molecule is Cl.Nc1ccc(-c2ccc3ccccc3c2)s1. The first-order valence-electron chi connectivity index (χ1n) is 5.17. The number of anilines is 1. The van der Waals surface area contributed by atoms with E-state index >= 15 is 0 Å². The number of nitrogen functional groups attached to an aromatic ring is 1. The summed E-state index contributed by atoms with van der Waals surface area (Å²) >= 11 is 1.63. The predicted octanol–water partition coefficient (Wildman–Crippen LogP) is 4.57. The monoisotopic (exact) mass is 261 g/mol. The molecule has 0 saturated carbocycles. The Balaban J connectivity index is 0.00000108. The zero-order chi connectivity index (χ0) is 11.0. The fraction of sp³-hybridized carbons (Fsp3) is 0. The average molecular weight is 262 g/mol. The molecule has 0 aliphatic heterocycles. The minimum absolute atomic E-state index is 0. The Morgan fingerprint density at radius 3 is 2.29 bits per heavy atom. The van der Waals surface area contributed by atoms with E-state index in [-0.39, 0.29) is 12.4 Å². The van der Waals surface area contributed by atoms with Gasteiger partial charge in [-0.1, -0.05) is 36.4 Å². The van der Waals surface area contributed by atoms with Crippen molar-refractivity contribution in [2.45, 2.75) is 0 Å². The maximum Gasteiger partial charge on any atom is 0.0862 e. The van der Waals surface area contributed by atoms with E-state index in [1.807, 2.05) is 6.07 Å². The Labute approximate surface area is 110 Å². The van der Waals surface area contributed by atoms with Crippen LogP contribution in [0.5, 0.6) is 0 Å². The minimum Gasteiger partial charge on any atom is -0.391 e. The zero-order valence-corrected chi connectivity index (χ0v) is 10.7. The number of halogens is 1. The Bertz CT molecular complexity index is 645. The highest BCUT2D eigenvalue weighted by molar-refractivity contribution is 7.19. The molecular formula is C14H12ClNS. The first kappa shape index (κ1) is 12.0. The highest BCUT2D eigenvalue weighted by atomic mass is 35.5. The van der Waals surface area contributed by atoms with E-state index in [2.05, 4.69) is 48.5 Å². The molecule has 0 aliphatic carbocycles. The third kappa shape index (κ3) is 2.28. The van der Waals surface area contributed by atoms with E-state index in [4.69, 9.17) is 5.73 Å². The van der Waals surface area contributed by atoms with Gasteiger partial charge in [-0.2, -0.15) is 0 Å². The van der Waals surface area contributed by atoms with E-state index in [9.17, 15) is 0 Å². The van der Waals surface area contributed by atoms with E-state index in [0.29, 0.717) is 0 Å². The van der Waals surface area contributed by atoms with E-state index in [1.165, 1.54) is 21.2 Å². The Morgan fingerprint density at radius 1 is 0.824 bits per heavy atom. The molecule has 3 aromatic rings. The van der Waals surface area contributed by atoms with E-state index in [1.54, 1.807) is 11.3 Å². The van der Waals surface area contributed by atoms with Crippen LogP contribution in [0.15, 0.2) is 54.6 Å². The standard InChI is InChI=1S/C14H11NS.ClH/c15-14-8-7-13(16-14)12-6-5-10-3-1-2-4-11(10)9-12;/h1-9H,15H2;1H. The van der Waals surface area contributed by atoms with Gasteiger partial charge >= 0.3 is 0 Å². The molecule has 3 rings (SSSR count). The Kier molecular flexibility index (Phi) is 3.36. The second-order valence-corrected chi connectivity index (χ2v) is 4.88. The van der Waals surface area contributed by atoms with Crippen molar-refractivity contribution in [2.75, 3.05) is 5.73 Å². The van der Waals surface area contributed by atoms with Crippen LogP contribution in [0, 0.1) is 0 Å². The van der Waals surface area contributed by atoms with Crippen LogP contribution in [0.3, 0.4) is 0 Å². The van der Waals surface area contributed by atoms with Gasteiger partial charge in [-0.05, 0) is 34.5 Å². The van der Waals surface area contributed by atoms with Crippen LogP contribution in [-0.4, -0.2) is 0 Å². The molecule has 2 N–H and O–H groups in total. The van der Waals surface area contributed by atoms with Gasteiger partial charge in [0.15, 0.2) is 0 Å². The van der Waals surface area contributed by atoms with Crippen LogP contribution in [-0.2, 0) is 0 Å². The van der Waals surface area contributed by atoms with Crippen LogP contribution in [0.2, 0.25) is 0 Å². The number of rotatable bonds is 1. The van der Waals surface area contributed by atoms with Crippen molar-refractivity contribution in [2.24, 2.45) is 0 Å². The lowest BCUT2D eigenvalue weighted by Crippen LogP contribution is -1.75. The molecule has 86 valence electrons. The molecule has 1 heterocycles. The quantitative estimate of drug-likeness (QED) is 0.682. The predicted molar refractivity (Wildman–Crippen MR) is 78.9 cm³/mol. The summed E-state index contributed by atoms with van der Waals surface area (Å²) in [6, 6.07) is 18.9. The van der Waals surface area contributed by atoms with Crippen molar-refractivity contribution < 1.29 is 0 Å². The number of hydrogen-bond donors (Lipinski definition) is 1. The van der Waals surface area contributed by atoms with Crippen LogP contribution in [0.25, 0.3) is 21.2 Å². The molecule has 0 atom stereocenters. The van der Waals surface area contributed by atoms with Crippen LogP contribution in [0.4, 0.5) is 5.00 Å². The first-order valence-corrected chi connectivity index (χ1v) is 5.99. The summed E-state index contributed by atoms with van der Waals surface area (Å²) in [4.78, 5) is 1.23. The van der Waals surface area contributed by atoms with Crippen molar-refractivity contribution in [3.8, 4) is 10.4 Å². The molecule has 0 bridgehead atoms. The van der Waals surface area contributed by atoms with E-state index < -0.39 is 0 Å². The average Bonchev–Trinajstić information content (AvgIpc) is 2.75. The highest BCUT2D eigenvalue weighted by Crippen LogP contribution is 2.31. The molecule has 1 nitrogen and oxygen atoms in total. The van der Waals surface area contributed by atoms with Gasteiger partial charge in [-0.15, -0.1) is 23.7 Å². The maximum absolute atomic E-state index is 5.75. The topological polar surface area (TPSA) is 26.0 Å². The molecule has 0 spiro atoms. The molecule has 0 radical (unpaired) electrons. The second kappa shape index (κ2) is 4.78. The smallest absolute Gasteiger partial charge is 0.0862 e. The summed E-state index contributed by atoms with van der Waals surface area (Å²) in [6.45, 7) is 0. The Hall–Kier alpha value is -1.51. The van der Waals surface area contributed by atoms with Crippen LogP contribution >= 0.6 is 23.7 Å². The van der Waals surface area contributed by atoms with Gasteiger partial charge in [0.1, 0.15) is 0 Å². The summed E-state index contributed by atoms with van der Waals surface area (Å²) in [6.07, 6.45) is 0. The van der Waals surface area contributed by atoms with Crippen LogP contribution in [0.1, 0.15) is 0 Å². The number of nitrogens with two attached hydrogens (primary N) is 1. The van der Waals surface area contributed by atoms with E-state index in [0.717, 1.165) is 5.00 Å². The summed E-state index contributed by atoms with van der Waals surface area (Å²) in [5, 5.41) is 3.41. The molecule has 0 amide bonds. The summed E-state index contributed by atoms with van der Waals surface area (Å²) in [5.74, 6) is 0. The van der Waals surface area contributed by atoms with Gasteiger partial charge in [0.25, 0.3) is 0 Å². The highest BCUT2D eigenvalue weighted by Gasteiger charge is 2.01. The molecule has 0 saturated heterocycles. The zero-order valence-electron chi connectivity index (χ0n) is 9.09. The number of fused-ring (bicyclic) bond motifs is 1. The van der Waals surface area contributed by atoms with Gasteiger partial charge < -0.3 is 5.73 Å². The minimum atomic E-state index is 0. The van der Waals surface area contributed by atoms with Gasteiger partial charge in [-0.3, -0.25) is 0 Å². The number of hydrogen-bond acceptors (Lipinski definition) is 2. The summed E-state index contributed by atoms with van der Waals surface area (Å²) < 4.78 is 0. The van der Waals surface area contributed by atoms with Crippen molar-refractivity contribution in [3.05, 3.63) is 54.6 Å². The molecule has 0 unspecified atom stereocenters. The van der Waals surface area contributed by atoms with Crippen molar-refractivity contribution >= 4 is 39.5 Å². The molecular weight excluding hydrogens is 250 g/mol. The van der Waals surface area contributed by atoms with Gasteiger partial charge in [0.05, 0.1) is 5.00 Å². The number of benzene rings is 2. The lowest BCUT2D eigenvalue weighted by atomic mass is 10.1. The van der Waals surface area contributed by atoms with Gasteiger partial charge in [-0.25, -0.2) is 0 Å². The van der Waals surface area contributed by atoms with Gasteiger partial charge in [0, 0.05) is 4.88 Å². The fourth-order valence-electron chi connectivity index (χ4n) is 1.85. The fourth-order valence-corrected chi connectivity index (χ4v) is 2.62. The van der Waals surface area contributed by atoms with Crippen LogP contribution < -0.4 is 5.73 Å². The third-order valence-corrected chi connectivity index (χ3v) is 3.62. The molecule has 0 fully saturated rings. The van der Waals surface area contributed by atoms with Gasteiger partial charge in [0.2, 0.25) is 0 Å².